The maximum absolute atomic E-state index is 5.24. The van der Waals surface area contributed by atoms with Crippen LogP contribution in [-0.2, 0) is 0 Å². The third-order valence-corrected chi connectivity index (χ3v) is 5.40. The van der Waals surface area contributed by atoms with Gasteiger partial charge in [0.05, 0.1) is 28.4 Å². The average molecular weight is 372 g/mol. The van der Waals surface area contributed by atoms with Crippen LogP contribution in [-0.4, -0.2) is 21.6 Å². The summed E-state index contributed by atoms with van der Waals surface area (Å²) in [4.78, 5) is 9.60. The molecular formula is C21H16N4OS. The molecule has 0 radical (unpaired) electrons. The Kier molecular flexibility index (Phi) is 3.76. The standard InChI is InChI=1S/C21H16N4OS/c1-26-15-12-10-14(11-13-15)22-20-23-16-6-2-4-8-18(16)25(20)21-24-17-7-3-5-9-19(17)27-21/h2-13H,1H3,(H,22,23). The summed E-state index contributed by atoms with van der Waals surface area (Å²) < 4.78 is 8.46. The van der Waals surface area contributed by atoms with E-state index in [0.29, 0.717) is 0 Å². The van der Waals surface area contributed by atoms with Gasteiger partial charge in [-0.25, -0.2) is 9.97 Å². The van der Waals surface area contributed by atoms with Gasteiger partial charge < -0.3 is 10.1 Å². The van der Waals surface area contributed by atoms with E-state index >= 15 is 0 Å². The van der Waals surface area contributed by atoms with Gasteiger partial charge in [-0.2, -0.15) is 0 Å². The van der Waals surface area contributed by atoms with Gasteiger partial charge in [0.15, 0.2) is 5.13 Å². The molecule has 5 aromatic rings. The van der Waals surface area contributed by atoms with E-state index in [1.807, 2.05) is 60.7 Å². The van der Waals surface area contributed by atoms with Crippen LogP contribution in [0.25, 0.3) is 26.4 Å². The first-order valence-corrected chi connectivity index (χ1v) is 9.38. The topological polar surface area (TPSA) is 52.0 Å². The van der Waals surface area contributed by atoms with Gasteiger partial charge in [0.1, 0.15) is 5.75 Å². The molecule has 5 nitrogen and oxygen atoms in total. The van der Waals surface area contributed by atoms with E-state index < -0.39 is 0 Å². The van der Waals surface area contributed by atoms with Gasteiger partial charge >= 0.3 is 0 Å². The fourth-order valence-corrected chi connectivity index (χ4v) is 4.04. The molecule has 5 rings (SSSR count). The number of methoxy groups -OCH3 is 1. The number of hydrogen-bond acceptors (Lipinski definition) is 5. The molecule has 0 aliphatic rings. The molecule has 132 valence electrons. The number of ether oxygens (including phenoxy) is 1. The zero-order valence-electron chi connectivity index (χ0n) is 14.6. The Morgan fingerprint density at radius 1 is 0.852 bits per heavy atom. The van der Waals surface area contributed by atoms with Gasteiger partial charge in [-0.3, -0.25) is 4.57 Å². The zero-order chi connectivity index (χ0) is 18.2. The molecule has 0 amide bonds. The maximum Gasteiger partial charge on any atom is 0.214 e. The number of nitrogens with zero attached hydrogens (tertiary/aromatic N) is 3. The lowest BCUT2D eigenvalue weighted by Gasteiger charge is -2.09. The molecule has 0 bridgehead atoms. The van der Waals surface area contributed by atoms with Crippen molar-refractivity contribution in [2.75, 3.05) is 12.4 Å². The van der Waals surface area contributed by atoms with Crippen molar-refractivity contribution in [1.29, 1.82) is 0 Å². The summed E-state index contributed by atoms with van der Waals surface area (Å²) >= 11 is 1.65. The van der Waals surface area contributed by atoms with Crippen LogP contribution in [0.4, 0.5) is 11.6 Å². The average Bonchev–Trinajstić information content (AvgIpc) is 3.29. The third-order valence-electron chi connectivity index (χ3n) is 4.38. The summed E-state index contributed by atoms with van der Waals surface area (Å²) in [6.07, 6.45) is 0. The van der Waals surface area contributed by atoms with E-state index in [0.717, 1.165) is 43.8 Å². The van der Waals surface area contributed by atoms with Crippen molar-refractivity contribution in [2.24, 2.45) is 0 Å². The minimum absolute atomic E-state index is 0.737. The molecule has 3 aromatic carbocycles. The van der Waals surface area contributed by atoms with Crippen molar-refractivity contribution < 1.29 is 4.74 Å². The monoisotopic (exact) mass is 372 g/mol. The molecule has 0 atom stereocenters. The van der Waals surface area contributed by atoms with Gasteiger partial charge in [0.25, 0.3) is 0 Å². The molecule has 27 heavy (non-hydrogen) atoms. The maximum atomic E-state index is 5.24. The molecule has 0 aliphatic carbocycles. The highest BCUT2D eigenvalue weighted by Crippen LogP contribution is 2.32. The van der Waals surface area contributed by atoms with Gasteiger partial charge in [-0.1, -0.05) is 35.6 Å². The molecule has 0 fully saturated rings. The van der Waals surface area contributed by atoms with Gasteiger partial charge in [0, 0.05) is 5.69 Å². The molecule has 0 saturated heterocycles. The second-order valence-corrected chi connectivity index (χ2v) is 7.09. The Balaban J connectivity index is 1.66. The van der Waals surface area contributed by atoms with Crippen LogP contribution in [0.3, 0.4) is 0 Å². The van der Waals surface area contributed by atoms with Crippen LogP contribution in [0, 0.1) is 0 Å². The molecule has 0 unspecified atom stereocenters. The lowest BCUT2D eigenvalue weighted by atomic mass is 10.3. The van der Waals surface area contributed by atoms with Crippen LogP contribution in [0.15, 0.2) is 72.8 Å². The number of rotatable bonds is 4. The molecule has 2 heterocycles. The van der Waals surface area contributed by atoms with E-state index in [1.165, 1.54) is 0 Å². The third kappa shape index (κ3) is 2.80. The number of imidazole rings is 1. The molecule has 2 aromatic heterocycles. The smallest absolute Gasteiger partial charge is 0.214 e. The van der Waals surface area contributed by atoms with Crippen molar-refractivity contribution in [2.45, 2.75) is 0 Å². The highest BCUT2D eigenvalue weighted by molar-refractivity contribution is 7.20. The predicted octanol–water partition coefficient (Wildman–Crippen LogP) is 5.39. The number of thiazole rings is 1. The van der Waals surface area contributed by atoms with E-state index in [-0.39, 0.29) is 0 Å². The highest BCUT2D eigenvalue weighted by Gasteiger charge is 2.16. The summed E-state index contributed by atoms with van der Waals surface area (Å²) in [6.45, 7) is 0. The van der Waals surface area contributed by atoms with Crippen LogP contribution in [0.1, 0.15) is 0 Å². The largest absolute Gasteiger partial charge is 0.497 e. The van der Waals surface area contributed by atoms with Gasteiger partial charge in [-0.05, 0) is 48.5 Å². The molecule has 0 aliphatic heterocycles. The van der Waals surface area contributed by atoms with Gasteiger partial charge in [0.2, 0.25) is 5.95 Å². The van der Waals surface area contributed by atoms with Crippen LogP contribution in [0.5, 0.6) is 5.75 Å². The number of benzene rings is 3. The number of nitrogens with one attached hydrogen (secondary N) is 1. The number of aromatic nitrogens is 3. The first-order valence-electron chi connectivity index (χ1n) is 8.56. The summed E-state index contributed by atoms with van der Waals surface area (Å²) in [5.41, 5.74) is 3.87. The quantitative estimate of drug-likeness (QED) is 0.460. The van der Waals surface area contributed by atoms with Crippen molar-refractivity contribution in [3.63, 3.8) is 0 Å². The summed E-state index contributed by atoms with van der Waals surface area (Å²) in [5, 5.41) is 4.31. The Bertz CT molecular complexity index is 1210. The number of fused-ring (bicyclic) bond motifs is 2. The van der Waals surface area contributed by atoms with E-state index in [1.54, 1.807) is 18.4 Å². The zero-order valence-corrected chi connectivity index (χ0v) is 15.4. The summed E-state index contributed by atoms with van der Waals surface area (Å²) in [6, 6.07) is 24.0. The fraction of sp³-hybridized carbons (Fsp3) is 0.0476. The van der Waals surface area contributed by atoms with E-state index in [2.05, 4.69) is 22.0 Å². The Morgan fingerprint density at radius 2 is 1.59 bits per heavy atom. The number of anilines is 2. The molecule has 6 heteroatoms. The van der Waals surface area contributed by atoms with Crippen molar-refractivity contribution >= 4 is 44.2 Å². The van der Waals surface area contributed by atoms with Gasteiger partial charge in [-0.15, -0.1) is 0 Å². The number of hydrogen-bond donors (Lipinski definition) is 1. The molecule has 0 saturated carbocycles. The lowest BCUT2D eigenvalue weighted by molar-refractivity contribution is 0.415. The molecule has 1 N–H and O–H groups in total. The lowest BCUT2D eigenvalue weighted by Crippen LogP contribution is -2.01. The molecule has 0 spiro atoms. The molecular weight excluding hydrogens is 356 g/mol. The first-order chi connectivity index (χ1) is 13.3. The number of para-hydroxylation sites is 3. The van der Waals surface area contributed by atoms with E-state index in [4.69, 9.17) is 14.7 Å². The Hall–Kier alpha value is -3.38. The second kappa shape index (κ2) is 6.41. The first kappa shape index (κ1) is 15.8. The SMILES string of the molecule is COc1ccc(Nc2nc3ccccc3n2-c2nc3ccccc3s2)cc1. The minimum atomic E-state index is 0.737. The van der Waals surface area contributed by atoms with Crippen LogP contribution >= 0.6 is 11.3 Å². The summed E-state index contributed by atoms with van der Waals surface area (Å²) in [7, 11) is 1.66. The van der Waals surface area contributed by atoms with E-state index in [9.17, 15) is 0 Å². The second-order valence-electron chi connectivity index (χ2n) is 6.08. The van der Waals surface area contributed by atoms with Crippen molar-refractivity contribution in [3.05, 3.63) is 72.8 Å². The highest BCUT2D eigenvalue weighted by atomic mass is 32.1. The minimum Gasteiger partial charge on any atom is -0.497 e. The van der Waals surface area contributed by atoms with Crippen LogP contribution in [0.2, 0.25) is 0 Å². The normalized spacial score (nSPS) is 11.1. The van der Waals surface area contributed by atoms with Crippen molar-refractivity contribution in [1.82, 2.24) is 14.5 Å². The fourth-order valence-electron chi connectivity index (χ4n) is 3.06. The Labute approximate surface area is 159 Å². The van der Waals surface area contributed by atoms with Crippen molar-refractivity contribution in [3.8, 4) is 10.9 Å². The predicted molar refractivity (Wildman–Crippen MR) is 111 cm³/mol. The Morgan fingerprint density at radius 3 is 2.37 bits per heavy atom. The van der Waals surface area contributed by atoms with Crippen LogP contribution < -0.4 is 10.1 Å². The summed E-state index contributed by atoms with van der Waals surface area (Å²) in [5.74, 6) is 1.56.